The lowest BCUT2D eigenvalue weighted by Crippen LogP contribution is -2.16. The molecule has 0 aliphatic heterocycles. The van der Waals surface area contributed by atoms with Gasteiger partial charge in [-0.05, 0) is 24.3 Å². The first-order chi connectivity index (χ1) is 12.4. The Labute approximate surface area is 159 Å². The molecule has 3 rings (SSSR count). The van der Waals surface area contributed by atoms with E-state index in [0.717, 1.165) is 10.6 Å². The van der Waals surface area contributed by atoms with Gasteiger partial charge in [0.25, 0.3) is 5.56 Å². The van der Waals surface area contributed by atoms with Crippen LogP contribution in [0.25, 0.3) is 21.5 Å². The van der Waals surface area contributed by atoms with E-state index in [1.165, 1.54) is 30.2 Å². The summed E-state index contributed by atoms with van der Waals surface area (Å²) in [6, 6.07) is 3.74. The van der Waals surface area contributed by atoms with Crippen LogP contribution < -0.4 is 5.56 Å². The minimum absolute atomic E-state index is 0.303. The van der Waals surface area contributed by atoms with Gasteiger partial charge in [-0.2, -0.15) is 0 Å². The lowest BCUT2D eigenvalue weighted by atomic mass is 10.0. The number of thioether (sulfide) groups is 1. The third kappa shape index (κ3) is 3.52. The average molecular weight is 390 g/mol. The zero-order valence-corrected chi connectivity index (χ0v) is 16.6. The number of nitrogens with one attached hydrogen (secondary N) is 1. The fraction of sp³-hybridized carbons (Fsp3) is 0.333. The maximum absolute atomic E-state index is 12.8. The normalized spacial score (nSPS) is 11.3. The molecular weight excluding hydrogens is 370 g/mol. The van der Waals surface area contributed by atoms with Crippen molar-refractivity contribution in [1.82, 2.24) is 15.0 Å². The lowest BCUT2D eigenvalue weighted by molar-refractivity contribution is 0.0600. The van der Waals surface area contributed by atoms with E-state index < -0.39 is 5.97 Å². The topological polar surface area (TPSA) is 84.9 Å². The van der Waals surface area contributed by atoms with Gasteiger partial charge in [0.05, 0.1) is 23.8 Å². The number of carbonyl (C=O) groups excluding carboxylic acids is 1. The Morgan fingerprint density at radius 3 is 2.77 bits per heavy atom. The number of pyridine rings is 1. The number of aromatic amines is 1. The number of rotatable bonds is 5. The van der Waals surface area contributed by atoms with Crippen LogP contribution in [0, 0.1) is 12.8 Å². The van der Waals surface area contributed by atoms with Crippen LogP contribution in [-0.4, -0.2) is 33.8 Å². The zero-order valence-electron chi connectivity index (χ0n) is 15.0. The first kappa shape index (κ1) is 18.6. The second-order valence-corrected chi connectivity index (χ2v) is 8.15. The van der Waals surface area contributed by atoms with E-state index in [4.69, 9.17) is 4.74 Å². The largest absolute Gasteiger partial charge is 0.465 e. The molecule has 0 aliphatic rings. The van der Waals surface area contributed by atoms with Crippen molar-refractivity contribution in [2.75, 3.05) is 12.9 Å². The summed E-state index contributed by atoms with van der Waals surface area (Å²) in [5, 5.41) is 2.74. The van der Waals surface area contributed by atoms with Crippen molar-refractivity contribution in [3.05, 3.63) is 39.1 Å². The molecule has 6 nitrogen and oxygen atoms in total. The quantitative estimate of drug-likeness (QED) is 0.405. The van der Waals surface area contributed by atoms with Gasteiger partial charge in [0.2, 0.25) is 0 Å². The number of fused-ring (bicyclic) bond motifs is 1. The molecule has 1 N–H and O–H groups in total. The number of esters is 1. The van der Waals surface area contributed by atoms with Gasteiger partial charge in [0.15, 0.2) is 10.8 Å². The van der Waals surface area contributed by atoms with Gasteiger partial charge in [-0.3, -0.25) is 4.79 Å². The molecule has 3 aromatic rings. The molecule has 0 aromatic carbocycles. The van der Waals surface area contributed by atoms with E-state index in [-0.39, 0.29) is 5.56 Å². The highest BCUT2D eigenvalue weighted by Crippen LogP contribution is 2.34. The molecule has 136 valence electrons. The molecular formula is C18H19N3O3S2. The number of aromatic nitrogens is 3. The van der Waals surface area contributed by atoms with E-state index in [1.54, 1.807) is 6.92 Å². The minimum Gasteiger partial charge on any atom is -0.465 e. The Kier molecular flexibility index (Phi) is 5.43. The Morgan fingerprint density at radius 1 is 1.38 bits per heavy atom. The second-order valence-electron chi connectivity index (χ2n) is 6.19. The summed E-state index contributed by atoms with van der Waals surface area (Å²) in [6.45, 7) is 5.94. The molecule has 0 bridgehead atoms. The fourth-order valence-corrected chi connectivity index (χ4v) is 4.19. The molecule has 0 radical (unpaired) electrons. The Bertz CT molecular complexity index is 1010. The third-order valence-electron chi connectivity index (χ3n) is 3.72. The number of ether oxygens (including phenoxy) is 1. The van der Waals surface area contributed by atoms with Crippen LogP contribution in [0.5, 0.6) is 0 Å². The minimum atomic E-state index is -0.516. The molecule has 0 amide bonds. The average Bonchev–Trinajstić information content (AvgIpc) is 3.12. The van der Waals surface area contributed by atoms with Crippen molar-refractivity contribution in [1.29, 1.82) is 0 Å². The molecule has 0 saturated carbocycles. The number of hydrogen-bond acceptors (Lipinski definition) is 7. The summed E-state index contributed by atoms with van der Waals surface area (Å²) < 4.78 is 4.92. The predicted octanol–water partition coefficient (Wildman–Crippen LogP) is 3.89. The van der Waals surface area contributed by atoms with Crippen LogP contribution in [-0.2, 0) is 4.74 Å². The van der Waals surface area contributed by atoms with Gasteiger partial charge in [-0.25, -0.2) is 14.8 Å². The molecule has 0 spiro atoms. The first-order valence-corrected chi connectivity index (χ1v) is 9.98. The van der Waals surface area contributed by atoms with Crippen LogP contribution in [0.4, 0.5) is 0 Å². The Morgan fingerprint density at radius 2 is 2.15 bits per heavy atom. The first-order valence-electron chi connectivity index (χ1n) is 8.12. The molecule has 3 aromatic heterocycles. The Balaban J connectivity index is 2.31. The fourth-order valence-electron chi connectivity index (χ4n) is 2.60. The number of aryl methyl sites for hydroxylation is 1. The standard InChI is InChI=1S/C18H19N3O3S2/c1-9(2)8-26-18-20-15-14(16(22)21-18)13(11-6-5-7-25-11)12(10(3)19-15)17(23)24-4/h5-7,9H,8H2,1-4H3,(H,19,20,21,22). The van der Waals surface area contributed by atoms with Crippen molar-refractivity contribution in [2.24, 2.45) is 5.92 Å². The summed E-state index contributed by atoms with van der Waals surface area (Å²) in [4.78, 5) is 37.8. The van der Waals surface area contributed by atoms with Crippen LogP contribution in [0.3, 0.4) is 0 Å². The summed E-state index contributed by atoms with van der Waals surface area (Å²) in [5.74, 6) is 0.794. The van der Waals surface area contributed by atoms with Gasteiger partial charge in [-0.1, -0.05) is 31.7 Å². The Hall–Kier alpha value is -2.19. The highest BCUT2D eigenvalue weighted by molar-refractivity contribution is 7.99. The maximum atomic E-state index is 12.8. The predicted molar refractivity (Wildman–Crippen MR) is 105 cm³/mol. The summed E-state index contributed by atoms with van der Waals surface area (Å²) in [7, 11) is 1.32. The lowest BCUT2D eigenvalue weighted by Gasteiger charge is -2.12. The van der Waals surface area contributed by atoms with Crippen molar-refractivity contribution in [2.45, 2.75) is 25.9 Å². The molecule has 0 fully saturated rings. The third-order valence-corrected chi connectivity index (χ3v) is 5.91. The smallest absolute Gasteiger partial charge is 0.340 e. The number of thiophene rings is 1. The highest BCUT2D eigenvalue weighted by Gasteiger charge is 2.24. The monoisotopic (exact) mass is 389 g/mol. The summed E-state index contributed by atoms with van der Waals surface area (Å²) in [6.07, 6.45) is 0. The van der Waals surface area contributed by atoms with Crippen molar-refractivity contribution >= 4 is 40.1 Å². The number of H-pyrrole nitrogens is 1. The van der Waals surface area contributed by atoms with E-state index in [2.05, 4.69) is 28.8 Å². The van der Waals surface area contributed by atoms with E-state index in [0.29, 0.717) is 38.9 Å². The highest BCUT2D eigenvalue weighted by atomic mass is 32.2. The van der Waals surface area contributed by atoms with Crippen LogP contribution in [0.1, 0.15) is 29.9 Å². The van der Waals surface area contributed by atoms with Crippen molar-refractivity contribution in [3.8, 4) is 10.4 Å². The number of hydrogen-bond donors (Lipinski definition) is 1. The van der Waals surface area contributed by atoms with Crippen molar-refractivity contribution in [3.63, 3.8) is 0 Å². The zero-order chi connectivity index (χ0) is 18.8. The number of nitrogens with zero attached hydrogens (tertiary/aromatic N) is 2. The van der Waals surface area contributed by atoms with E-state index in [9.17, 15) is 9.59 Å². The van der Waals surface area contributed by atoms with Gasteiger partial charge in [0, 0.05) is 16.2 Å². The molecule has 3 heterocycles. The van der Waals surface area contributed by atoms with Crippen molar-refractivity contribution < 1.29 is 9.53 Å². The molecule has 0 unspecified atom stereocenters. The summed E-state index contributed by atoms with van der Waals surface area (Å²) in [5.41, 5.74) is 1.36. The van der Waals surface area contributed by atoms with E-state index >= 15 is 0 Å². The van der Waals surface area contributed by atoms with Gasteiger partial charge in [0.1, 0.15) is 0 Å². The molecule has 0 atom stereocenters. The number of methoxy groups -OCH3 is 1. The molecule has 8 heteroatoms. The number of carbonyl (C=O) groups is 1. The molecule has 0 saturated heterocycles. The van der Waals surface area contributed by atoms with Gasteiger partial charge >= 0.3 is 5.97 Å². The van der Waals surface area contributed by atoms with Gasteiger partial charge < -0.3 is 9.72 Å². The van der Waals surface area contributed by atoms with Crippen LogP contribution >= 0.6 is 23.1 Å². The van der Waals surface area contributed by atoms with Gasteiger partial charge in [-0.15, -0.1) is 11.3 Å². The van der Waals surface area contributed by atoms with E-state index in [1.807, 2.05) is 17.5 Å². The van der Waals surface area contributed by atoms with Crippen LogP contribution in [0.15, 0.2) is 27.5 Å². The summed E-state index contributed by atoms with van der Waals surface area (Å²) >= 11 is 2.93. The second kappa shape index (κ2) is 7.59. The van der Waals surface area contributed by atoms with Crippen LogP contribution in [0.2, 0.25) is 0 Å². The molecule has 26 heavy (non-hydrogen) atoms. The molecule has 0 aliphatic carbocycles. The SMILES string of the molecule is COC(=O)c1c(C)nc2nc(SCC(C)C)[nH]c(=O)c2c1-c1cccs1. The maximum Gasteiger partial charge on any atom is 0.340 e.